The van der Waals surface area contributed by atoms with Gasteiger partial charge in [-0.1, -0.05) is 12.5 Å². The minimum absolute atomic E-state index is 0.235. The van der Waals surface area contributed by atoms with Gasteiger partial charge in [0.1, 0.15) is 5.82 Å². The summed E-state index contributed by atoms with van der Waals surface area (Å²) in [6.45, 7) is 2.42. The van der Waals surface area contributed by atoms with Crippen molar-refractivity contribution < 1.29 is 9.50 Å². The van der Waals surface area contributed by atoms with E-state index in [-0.39, 0.29) is 11.2 Å². The summed E-state index contributed by atoms with van der Waals surface area (Å²) in [4.78, 5) is 0. The van der Waals surface area contributed by atoms with Gasteiger partial charge in [0, 0.05) is 12.0 Å². The summed E-state index contributed by atoms with van der Waals surface area (Å²) < 4.78 is 13.5. The largest absolute Gasteiger partial charge is 0.388 e. The van der Waals surface area contributed by atoms with E-state index in [1.54, 1.807) is 6.07 Å². The van der Waals surface area contributed by atoms with Gasteiger partial charge >= 0.3 is 0 Å². The number of rotatable bonds is 3. The topological polar surface area (TPSA) is 46.2 Å². The van der Waals surface area contributed by atoms with Gasteiger partial charge in [-0.15, -0.1) is 0 Å². The molecular formula is C16H22FNO. The Hall–Kier alpha value is -0.930. The van der Waals surface area contributed by atoms with Gasteiger partial charge in [0.2, 0.25) is 0 Å². The molecule has 1 aromatic rings. The van der Waals surface area contributed by atoms with Crippen molar-refractivity contribution in [3.8, 4) is 0 Å². The van der Waals surface area contributed by atoms with Crippen molar-refractivity contribution in [2.45, 2.75) is 38.7 Å². The quantitative estimate of drug-likeness (QED) is 0.880. The summed E-state index contributed by atoms with van der Waals surface area (Å²) in [5, 5.41) is 10.9. The van der Waals surface area contributed by atoms with Crippen molar-refractivity contribution in [2.24, 2.45) is 23.0 Å². The molecule has 2 saturated carbocycles. The summed E-state index contributed by atoms with van der Waals surface area (Å²) >= 11 is 0. The minimum Gasteiger partial charge on any atom is -0.388 e. The molecule has 2 aliphatic rings. The molecule has 3 rings (SSSR count). The van der Waals surface area contributed by atoms with Crippen molar-refractivity contribution >= 4 is 0 Å². The lowest BCUT2D eigenvalue weighted by molar-refractivity contribution is -0.0135. The third kappa shape index (κ3) is 1.91. The van der Waals surface area contributed by atoms with Crippen LogP contribution in [0.1, 0.15) is 42.9 Å². The Morgan fingerprint density at radius 3 is 2.84 bits per heavy atom. The van der Waals surface area contributed by atoms with Crippen molar-refractivity contribution in [3.63, 3.8) is 0 Å². The second kappa shape index (κ2) is 4.57. The average Bonchev–Trinajstić information content (AvgIpc) is 3.01. The molecule has 0 amide bonds. The molecule has 2 bridgehead atoms. The number of halogens is 1. The zero-order valence-corrected chi connectivity index (χ0v) is 11.4. The van der Waals surface area contributed by atoms with Gasteiger partial charge in [-0.2, -0.15) is 0 Å². The Morgan fingerprint density at radius 1 is 1.47 bits per heavy atom. The van der Waals surface area contributed by atoms with E-state index in [0.29, 0.717) is 18.4 Å². The molecule has 3 N–H and O–H groups in total. The van der Waals surface area contributed by atoms with Gasteiger partial charge < -0.3 is 10.8 Å². The standard InChI is InChI=1S/C16H22FNO/c1-10-2-5-13(17)7-14(10)15(19)16(9-18)8-11-3-4-12(16)6-11/h2,5,7,11-12,15,19H,3-4,6,8-9,18H2,1H3. The highest BCUT2D eigenvalue weighted by atomic mass is 19.1. The van der Waals surface area contributed by atoms with Crippen molar-refractivity contribution in [2.75, 3.05) is 6.54 Å². The zero-order valence-electron chi connectivity index (χ0n) is 11.4. The molecule has 0 saturated heterocycles. The van der Waals surface area contributed by atoms with Crippen LogP contribution in [0.4, 0.5) is 4.39 Å². The number of hydrogen-bond acceptors (Lipinski definition) is 2. The molecule has 19 heavy (non-hydrogen) atoms. The number of hydrogen-bond donors (Lipinski definition) is 2. The van der Waals surface area contributed by atoms with Crippen LogP contribution >= 0.6 is 0 Å². The highest BCUT2D eigenvalue weighted by Gasteiger charge is 2.54. The Balaban J connectivity index is 1.98. The number of nitrogens with two attached hydrogens (primary N) is 1. The second-order valence-corrected chi connectivity index (χ2v) is 6.42. The van der Waals surface area contributed by atoms with E-state index in [1.165, 1.54) is 25.0 Å². The van der Waals surface area contributed by atoms with Crippen molar-refractivity contribution in [3.05, 3.63) is 35.1 Å². The lowest BCUT2D eigenvalue weighted by Gasteiger charge is -2.41. The third-order valence-electron chi connectivity index (χ3n) is 5.48. The Labute approximate surface area is 113 Å². The molecule has 4 atom stereocenters. The normalized spacial score (nSPS) is 34.7. The molecule has 104 valence electrons. The van der Waals surface area contributed by atoms with Gasteiger partial charge in [-0.3, -0.25) is 0 Å². The summed E-state index contributed by atoms with van der Waals surface area (Å²) in [6.07, 6.45) is 3.96. The molecule has 1 aromatic carbocycles. The number of aliphatic hydroxyl groups excluding tert-OH is 1. The minimum atomic E-state index is -0.636. The van der Waals surface area contributed by atoms with Gasteiger partial charge in [-0.25, -0.2) is 4.39 Å². The van der Waals surface area contributed by atoms with Crippen LogP contribution in [0.3, 0.4) is 0 Å². The van der Waals surface area contributed by atoms with Gasteiger partial charge in [0.05, 0.1) is 6.10 Å². The van der Waals surface area contributed by atoms with Crippen LogP contribution in [0.15, 0.2) is 18.2 Å². The van der Waals surface area contributed by atoms with E-state index in [9.17, 15) is 9.50 Å². The van der Waals surface area contributed by atoms with E-state index in [4.69, 9.17) is 5.73 Å². The molecule has 0 aliphatic heterocycles. The highest BCUT2D eigenvalue weighted by Crippen LogP contribution is 2.60. The molecular weight excluding hydrogens is 241 g/mol. The molecule has 2 aliphatic carbocycles. The predicted octanol–water partition coefficient (Wildman–Crippen LogP) is 2.93. The van der Waals surface area contributed by atoms with Crippen LogP contribution < -0.4 is 5.73 Å². The molecule has 4 unspecified atom stereocenters. The van der Waals surface area contributed by atoms with Gasteiger partial charge in [-0.05, 0) is 61.3 Å². The van der Waals surface area contributed by atoms with E-state index in [1.807, 2.05) is 6.92 Å². The fourth-order valence-electron chi connectivity index (χ4n) is 4.40. The second-order valence-electron chi connectivity index (χ2n) is 6.42. The monoisotopic (exact) mass is 263 g/mol. The predicted molar refractivity (Wildman–Crippen MR) is 73.0 cm³/mol. The summed E-state index contributed by atoms with van der Waals surface area (Å²) in [5.41, 5.74) is 7.46. The molecule has 0 spiro atoms. The van der Waals surface area contributed by atoms with Crippen LogP contribution in [-0.4, -0.2) is 11.7 Å². The maximum Gasteiger partial charge on any atom is 0.123 e. The fourth-order valence-corrected chi connectivity index (χ4v) is 4.40. The first kappa shape index (κ1) is 13.1. The number of aliphatic hydroxyl groups is 1. The summed E-state index contributed by atoms with van der Waals surface area (Å²) in [7, 11) is 0. The van der Waals surface area contributed by atoms with Crippen LogP contribution in [-0.2, 0) is 0 Å². The van der Waals surface area contributed by atoms with Crippen LogP contribution in [0.2, 0.25) is 0 Å². The average molecular weight is 263 g/mol. The maximum atomic E-state index is 13.5. The smallest absolute Gasteiger partial charge is 0.123 e. The number of fused-ring (bicyclic) bond motifs is 2. The molecule has 2 fully saturated rings. The van der Waals surface area contributed by atoms with Crippen LogP contribution in [0.25, 0.3) is 0 Å². The fraction of sp³-hybridized carbons (Fsp3) is 0.625. The molecule has 0 radical (unpaired) electrons. The summed E-state index contributed by atoms with van der Waals surface area (Å²) in [5.74, 6) is 0.923. The van der Waals surface area contributed by atoms with Gasteiger partial charge in [0.15, 0.2) is 0 Å². The van der Waals surface area contributed by atoms with Crippen LogP contribution in [0, 0.1) is 30.0 Å². The SMILES string of the molecule is Cc1ccc(F)cc1C(O)C1(CN)CC2CCC1C2. The zero-order chi connectivity index (χ0) is 13.6. The van der Waals surface area contributed by atoms with E-state index < -0.39 is 6.10 Å². The number of benzene rings is 1. The first-order valence-corrected chi connectivity index (χ1v) is 7.21. The molecule has 0 heterocycles. The van der Waals surface area contributed by atoms with E-state index >= 15 is 0 Å². The van der Waals surface area contributed by atoms with E-state index in [2.05, 4.69) is 0 Å². The lowest BCUT2D eigenvalue weighted by atomic mass is 9.67. The van der Waals surface area contributed by atoms with Crippen molar-refractivity contribution in [1.29, 1.82) is 0 Å². The van der Waals surface area contributed by atoms with Crippen LogP contribution in [0.5, 0.6) is 0 Å². The van der Waals surface area contributed by atoms with E-state index in [0.717, 1.165) is 24.0 Å². The first-order chi connectivity index (χ1) is 9.06. The summed E-state index contributed by atoms with van der Waals surface area (Å²) in [6, 6.07) is 4.66. The molecule has 3 heteroatoms. The maximum absolute atomic E-state index is 13.5. The van der Waals surface area contributed by atoms with Crippen molar-refractivity contribution in [1.82, 2.24) is 0 Å². The lowest BCUT2D eigenvalue weighted by Crippen LogP contribution is -2.41. The highest BCUT2D eigenvalue weighted by molar-refractivity contribution is 5.31. The number of aryl methyl sites for hydroxylation is 1. The first-order valence-electron chi connectivity index (χ1n) is 7.21. The molecule has 2 nitrogen and oxygen atoms in total. The Morgan fingerprint density at radius 2 is 2.26 bits per heavy atom. The third-order valence-corrected chi connectivity index (χ3v) is 5.48. The Kier molecular flexibility index (Phi) is 3.14. The van der Waals surface area contributed by atoms with Gasteiger partial charge in [0.25, 0.3) is 0 Å². The molecule has 0 aromatic heterocycles. The Bertz CT molecular complexity index is 490.